The Morgan fingerprint density at radius 2 is 2.07 bits per heavy atom. The molecular weight excluding hydrogens is 384 g/mol. The Bertz CT molecular complexity index is 644. The number of ether oxygens (including phenoxy) is 4. The molecule has 2 aliphatic heterocycles. The van der Waals surface area contributed by atoms with E-state index in [0.717, 1.165) is 32.4 Å². The lowest BCUT2D eigenvalue weighted by molar-refractivity contribution is -0.170. The normalized spacial score (nSPS) is 38.4. The van der Waals surface area contributed by atoms with Crippen molar-refractivity contribution >= 4 is 5.97 Å². The van der Waals surface area contributed by atoms with E-state index in [-0.39, 0.29) is 47.9 Å². The van der Waals surface area contributed by atoms with Crippen molar-refractivity contribution in [2.75, 3.05) is 40.9 Å². The van der Waals surface area contributed by atoms with E-state index in [9.17, 15) is 4.79 Å². The summed E-state index contributed by atoms with van der Waals surface area (Å²) in [7, 11) is 5.75. The first-order chi connectivity index (χ1) is 14.1. The fraction of sp³-hybridized carbons (Fsp3) is 0.870. The van der Waals surface area contributed by atoms with Gasteiger partial charge in [0.05, 0.1) is 25.2 Å². The van der Waals surface area contributed by atoms with Gasteiger partial charge in [0, 0.05) is 19.7 Å². The van der Waals surface area contributed by atoms with Crippen molar-refractivity contribution < 1.29 is 23.7 Å². The maximum absolute atomic E-state index is 12.5. The molecule has 3 aliphatic rings. The van der Waals surface area contributed by atoms with Crippen LogP contribution in [0, 0.1) is 5.92 Å². The van der Waals surface area contributed by atoms with Gasteiger partial charge in [0.25, 0.3) is 0 Å². The highest BCUT2D eigenvalue weighted by atomic mass is 16.6. The maximum Gasteiger partial charge on any atom is 0.320 e. The third-order valence-corrected chi connectivity index (χ3v) is 7.11. The van der Waals surface area contributed by atoms with Crippen molar-refractivity contribution in [2.24, 2.45) is 5.92 Å². The Balaban J connectivity index is 1.61. The average Bonchev–Trinajstić information content (AvgIpc) is 3.59. The van der Waals surface area contributed by atoms with E-state index in [2.05, 4.69) is 44.0 Å². The summed E-state index contributed by atoms with van der Waals surface area (Å²) in [6, 6.07) is 0.347. The molecule has 7 atom stereocenters. The van der Waals surface area contributed by atoms with E-state index >= 15 is 0 Å². The smallest absolute Gasteiger partial charge is 0.320 e. The summed E-state index contributed by atoms with van der Waals surface area (Å²) in [4.78, 5) is 14.6. The number of nitrogens with one attached hydrogen (secondary N) is 1. The molecular formula is C23H40N2O5. The zero-order valence-corrected chi connectivity index (χ0v) is 19.7. The molecule has 0 aromatic carbocycles. The predicted octanol–water partition coefficient (Wildman–Crippen LogP) is 2.15. The molecule has 30 heavy (non-hydrogen) atoms. The number of allylic oxidation sites excluding steroid dienone is 1. The average molecular weight is 425 g/mol. The first kappa shape index (κ1) is 23.7. The van der Waals surface area contributed by atoms with Gasteiger partial charge in [-0.3, -0.25) is 4.79 Å². The predicted molar refractivity (Wildman–Crippen MR) is 115 cm³/mol. The molecule has 1 saturated carbocycles. The molecule has 172 valence electrons. The Kier molecular flexibility index (Phi) is 7.30. The molecule has 1 spiro atoms. The van der Waals surface area contributed by atoms with Crippen LogP contribution in [0.3, 0.4) is 0 Å². The molecule has 3 rings (SSSR count). The van der Waals surface area contributed by atoms with Crippen molar-refractivity contribution in [3.05, 3.63) is 11.6 Å². The summed E-state index contributed by atoms with van der Waals surface area (Å²) in [5.41, 5.74) is 0.783. The van der Waals surface area contributed by atoms with Crippen molar-refractivity contribution in [1.29, 1.82) is 0 Å². The van der Waals surface area contributed by atoms with E-state index in [1.165, 1.54) is 5.57 Å². The second-order valence-corrected chi connectivity index (χ2v) is 9.85. The van der Waals surface area contributed by atoms with Crippen LogP contribution in [-0.4, -0.2) is 87.3 Å². The molecule has 3 fully saturated rings. The Hall–Kier alpha value is -0.990. The number of methoxy groups -OCH3 is 1. The maximum atomic E-state index is 12.5. The van der Waals surface area contributed by atoms with E-state index in [0.29, 0.717) is 6.04 Å². The third kappa shape index (κ3) is 5.07. The molecule has 1 aliphatic carbocycles. The zero-order valence-electron chi connectivity index (χ0n) is 19.7. The minimum absolute atomic E-state index is 0.0545. The summed E-state index contributed by atoms with van der Waals surface area (Å²) < 4.78 is 24.0. The van der Waals surface area contributed by atoms with E-state index in [4.69, 9.17) is 18.9 Å². The lowest BCUT2D eigenvalue weighted by Crippen LogP contribution is -2.56. The number of nitrogens with zero attached hydrogens (tertiary/aromatic N) is 1. The molecule has 7 nitrogen and oxygen atoms in total. The first-order valence-corrected chi connectivity index (χ1v) is 11.2. The lowest BCUT2D eigenvalue weighted by Gasteiger charge is -2.42. The molecule has 0 aromatic rings. The lowest BCUT2D eigenvalue weighted by atomic mass is 9.68. The second-order valence-electron chi connectivity index (χ2n) is 9.85. The Morgan fingerprint density at radius 3 is 2.63 bits per heavy atom. The molecule has 0 radical (unpaired) electrons. The topological polar surface area (TPSA) is 75.9 Å². The van der Waals surface area contributed by atoms with Gasteiger partial charge in [-0.15, -0.1) is 0 Å². The van der Waals surface area contributed by atoms with Crippen molar-refractivity contribution in [1.82, 2.24) is 10.2 Å². The van der Waals surface area contributed by atoms with Gasteiger partial charge < -0.3 is 29.2 Å². The molecule has 2 heterocycles. The fourth-order valence-corrected chi connectivity index (χ4v) is 4.85. The van der Waals surface area contributed by atoms with Gasteiger partial charge in [-0.2, -0.15) is 0 Å². The first-order valence-electron chi connectivity index (χ1n) is 11.2. The SMILES string of the molecule is CO[C@@H]1[C@H](OC(=O)CNCC(C)N(C)C)CC[C@]2(CO2)[C@H]1[C@]1(C)O[C@@H]1CC=C(C)C. The van der Waals surface area contributed by atoms with Gasteiger partial charge in [0.2, 0.25) is 0 Å². The second kappa shape index (κ2) is 9.25. The Labute approximate surface area is 181 Å². The highest BCUT2D eigenvalue weighted by Gasteiger charge is 2.72. The summed E-state index contributed by atoms with van der Waals surface area (Å²) >= 11 is 0. The van der Waals surface area contributed by atoms with Gasteiger partial charge in [-0.05, 0) is 61.1 Å². The molecule has 0 amide bonds. The van der Waals surface area contributed by atoms with E-state index in [1.54, 1.807) is 7.11 Å². The van der Waals surface area contributed by atoms with Crippen LogP contribution < -0.4 is 5.32 Å². The number of carbonyl (C=O) groups is 1. The monoisotopic (exact) mass is 424 g/mol. The van der Waals surface area contributed by atoms with Gasteiger partial charge in [-0.25, -0.2) is 0 Å². The number of esters is 1. The highest BCUT2D eigenvalue weighted by Crippen LogP contribution is 2.59. The molecule has 0 bridgehead atoms. The summed E-state index contributed by atoms with van der Waals surface area (Å²) in [6.07, 6.45) is 4.38. The number of hydrogen-bond acceptors (Lipinski definition) is 7. The number of carbonyl (C=O) groups excluding carboxylic acids is 1. The molecule has 0 aromatic heterocycles. The van der Waals surface area contributed by atoms with Crippen LogP contribution in [0.1, 0.15) is 47.0 Å². The van der Waals surface area contributed by atoms with Crippen LogP contribution in [0.15, 0.2) is 11.6 Å². The minimum atomic E-state index is -0.312. The summed E-state index contributed by atoms with van der Waals surface area (Å²) in [5, 5.41) is 3.19. The van der Waals surface area contributed by atoms with Gasteiger partial charge >= 0.3 is 5.97 Å². The van der Waals surface area contributed by atoms with Crippen LogP contribution in [0.25, 0.3) is 0 Å². The largest absolute Gasteiger partial charge is 0.459 e. The van der Waals surface area contributed by atoms with Crippen molar-refractivity contribution in [3.63, 3.8) is 0 Å². The molecule has 1 unspecified atom stereocenters. The van der Waals surface area contributed by atoms with Gasteiger partial charge in [0.15, 0.2) is 0 Å². The third-order valence-electron chi connectivity index (χ3n) is 7.11. The van der Waals surface area contributed by atoms with Crippen LogP contribution >= 0.6 is 0 Å². The van der Waals surface area contributed by atoms with E-state index in [1.807, 2.05) is 14.1 Å². The van der Waals surface area contributed by atoms with Crippen LogP contribution in [-0.2, 0) is 23.7 Å². The summed E-state index contributed by atoms with van der Waals surface area (Å²) in [5.74, 6) is -0.179. The molecule has 7 heteroatoms. The fourth-order valence-electron chi connectivity index (χ4n) is 4.85. The quantitative estimate of drug-likeness (QED) is 0.327. The number of epoxide rings is 2. The van der Waals surface area contributed by atoms with Gasteiger partial charge in [-0.1, -0.05) is 11.6 Å². The minimum Gasteiger partial charge on any atom is -0.459 e. The molecule has 1 N–H and O–H groups in total. The van der Waals surface area contributed by atoms with Crippen LogP contribution in [0.5, 0.6) is 0 Å². The highest BCUT2D eigenvalue weighted by molar-refractivity contribution is 5.71. The van der Waals surface area contributed by atoms with Crippen LogP contribution in [0.2, 0.25) is 0 Å². The van der Waals surface area contributed by atoms with Gasteiger partial charge in [0.1, 0.15) is 23.4 Å². The van der Waals surface area contributed by atoms with Crippen molar-refractivity contribution in [3.8, 4) is 0 Å². The number of likely N-dealkylation sites (N-methyl/N-ethyl adjacent to an activating group) is 1. The zero-order chi connectivity index (χ0) is 22.1. The Morgan fingerprint density at radius 1 is 1.37 bits per heavy atom. The number of rotatable bonds is 10. The van der Waals surface area contributed by atoms with E-state index < -0.39 is 0 Å². The molecule has 2 saturated heterocycles. The van der Waals surface area contributed by atoms with Crippen LogP contribution in [0.4, 0.5) is 0 Å². The summed E-state index contributed by atoms with van der Waals surface area (Å²) in [6.45, 7) is 10.1. The number of hydrogen-bond donors (Lipinski definition) is 1. The van der Waals surface area contributed by atoms with Crippen molar-refractivity contribution in [2.45, 2.75) is 82.5 Å². The standard InChI is InChI=1S/C23H40N2O5/c1-15(2)8-9-18-22(4,30-18)21-20(27-7)17(10-11-23(21)14-28-23)29-19(26)13-24-12-16(3)25(5)6/h8,16-18,20-21,24H,9-14H2,1-7H3/t16?,17-,18-,20-,21-,22-,23+/m1/s1.